The van der Waals surface area contributed by atoms with Gasteiger partial charge in [0.1, 0.15) is 0 Å². The third-order valence-corrected chi connectivity index (χ3v) is 6.81. The third kappa shape index (κ3) is 7.62. The van der Waals surface area contributed by atoms with Crippen molar-refractivity contribution < 1.29 is 9.59 Å². The molecule has 2 amide bonds. The lowest BCUT2D eigenvalue weighted by Crippen LogP contribution is -2.49. The number of hydrogen-bond donors (Lipinski definition) is 3. The number of benzene rings is 3. The first-order valence-electron chi connectivity index (χ1n) is 13.0. The van der Waals surface area contributed by atoms with Gasteiger partial charge in [-0.15, -0.1) is 0 Å². The second-order valence-corrected chi connectivity index (χ2v) is 9.43. The highest BCUT2D eigenvalue weighted by Gasteiger charge is 2.32. The second kappa shape index (κ2) is 13.5. The molecule has 0 saturated carbocycles. The normalized spacial score (nSPS) is 18.2. The summed E-state index contributed by atoms with van der Waals surface area (Å²) in [4.78, 5) is 28.0. The van der Waals surface area contributed by atoms with E-state index in [2.05, 4.69) is 34.9 Å². The van der Waals surface area contributed by atoms with Gasteiger partial charge >= 0.3 is 0 Å². The zero-order chi connectivity index (χ0) is 25.9. The molecule has 1 saturated heterocycles. The number of nitrogens with two attached hydrogens (primary N) is 1. The summed E-state index contributed by atoms with van der Waals surface area (Å²) in [7, 11) is 0. The molecule has 0 spiro atoms. The van der Waals surface area contributed by atoms with E-state index in [0.717, 1.165) is 12.0 Å². The maximum atomic E-state index is 13.6. The highest BCUT2D eigenvalue weighted by atomic mass is 16.2. The molecule has 1 aliphatic rings. The minimum Gasteiger partial charge on any atom is -0.351 e. The summed E-state index contributed by atoms with van der Waals surface area (Å²) in [5.41, 5.74) is 9.21. The van der Waals surface area contributed by atoms with Gasteiger partial charge < -0.3 is 21.3 Å². The van der Waals surface area contributed by atoms with E-state index in [1.54, 1.807) is 12.2 Å². The van der Waals surface area contributed by atoms with E-state index in [-0.39, 0.29) is 29.8 Å². The number of nitrogens with zero attached hydrogens (tertiary/aromatic N) is 1. The molecule has 2 atom stereocenters. The molecule has 192 valence electrons. The first-order valence-corrected chi connectivity index (χ1v) is 13.0. The van der Waals surface area contributed by atoms with E-state index in [4.69, 9.17) is 5.73 Å². The van der Waals surface area contributed by atoms with Gasteiger partial charge in [0.05, 0.1) is 6.04 Å². The SMILES string of the molecule is NCC[C@@H]1N[C@H](CNC(=O)C=Cc2ccccc2)CCN(CC(c2ccccc2)c2ccccc2)C1=O. The van der Waals surface area contributed by atoms with Crippen LogP contribution in [0.15, 0.2) is 97.1 Å². The highest BCUT2D eigenvalue weighted by Crippen LogP contribution is 2.27. The van der Waals surface area contributed by atoms with Crippen molar-refractivity contribution in [3.05, 3.63) is 114 Å². The largest absolute Gasteiger partial charge is 0.351 e. The number of carbonyl (C=O) groups is 2. The molecule has 0 aromatic heterocycles. The van der Waals surface area contributed by atoms with Crippen LogP contribution in [0, 0.1) is 0 Å². The Kier molecular flexibility index (Phi) is 9.63. The molecule has 1 fully saturated rings. The summed E-state index contributed by atoms with van der Waals surface area (Å²) in [6.07, 6.45) is 4.64. The molecule has 1 heterocycles. The number of carbonyl (C=O) groups excluding carboxylic acids is 2. The van der Waals surface area contributed by atoms with Crippen molar-refractivity contribution in [2.24, 2.45) is 5.73 Å². The van der Waals surface area contributed by atoms with Crippen LogP contribution >= 0.6 is 0 Å². The maximum absolute atomic E-state index is 13.6. The quantitative estimate of drug-likeness (QED) is 0.375. The minimum atomic E-state index is -0.374. The van der Waals surface area contributed by atoms with E-state index in [9.17, 15) is 9.59 Å². The van der Waals surface area contributed by atoms with Crippen molar-refractivity contribution >= 4 is 17.9 Å². The summed E-state index contributed by atoms with van der Waals surface area (Å²) < 4.78 is 0. The van der Waals surface area contributed by atoms with Gasteiger partial charge in [-0.05, 0) is 42.2 Å². The molecule has 3 aromatic carbocycles. The van der Waals surface area contributed by atoms with Crippen LogP contribution in [-0.4, -0.2) is 55.0 Å². The zero-order valence-electron chi connectivity index (χ0n) is 21.1. The Morgan fingerprint density at radius 1 is 0.973 bits per heavy atom. The Hall–Kier alpha value is -3.74. The summed E-state index contributed by atoms with van der Waals surface area (Å²) >= 11 is 0. The Labute approximate surface area is 219 Å². The smallest absolute Gasteiger partial charge is 0.244 e. The van der Waals surface area contributed by atoms with Gasteiger partial charge in [0.25, 0.3) is 0 Å². The summed E-state index contributed by atoms with van der Waals surface area (Å²) in [5, 5.41) is 6.45. The lowest BCUT2D eigenvalue weighted by Gasteiger charge is -2.29. The maximum Gasteiger partial charge on any atom is 0.244 e. The van der Waals surface area contributed by atoms with Crippen molar-refractivity contribution in [3.63, 3.8) is 0 Å². The molecule has 0 bridgehead atoms. The molecule has 4 N–H and O–H groups in total. The van der Waals surface area contributed by atoms with Gasteiger partial charge in [0.2, 0.25) is 11.8 Å². The molecule has 6 heteroatoms. The fourth-order valence-electron chi connectivity index (χ4n) is 4.81. The van der Waals surface area contributed by atoms with Crippen molar-refractivity contribution in [1.82, 2.24) is 15.5 Å². The van der Waals surface area contributed by atoms with Gasteiger partial charge in [0.15, 0.2) is 0 Å². The van der Waals surface area contributed by atoms with E-state index >= 15 is 0 Å². The number of rotatable bonds is 10. The van der Waals surface area contributed by atoms with Crippen LogP contribution in [0.1, 0.15) is 35.4 Å². The van der Waals surface area contributed by atoms with Gasteiger partial charge in [0, 0.05) is 37.7 Å². The van der Waals surface area contributed by atoms with Crippen LogP contribution in [0.2, 0.25) is 0 Å². The first-order chi connectivity index (χ1) is 18.1. The van der Waals surface area contributed by atoms with Crippen LogP contribution in [0.25, 0.3) is 6.08 Å². The van der Waals surface area contributed by atoms with Crippen molar-refractivity contribution in [2.45, 2.75) is 30.8 Å². The first kappa shape index (κ1) is 26.3. The number of hydrogen-bond acceptors (Lipinski definition) is 4. The molecular weight excluding hydrogens is 460 g/mol. The van der Waals surface area contributed by atoms with Crippen molar-refractivity contribution in [1.29, 1.82) is 0 Å². The minimum absolute atomic E-state index is 0.0218. The fourth-order valence-corrected chi connectivity index (χ4v) is 4.81. The van der Waals surface area contributed by atoms with Crippen LogP contribution in [0.4, 0.5) is 0 Å². The monoisotopic (exact) mass is 496 g/mol. The van der Waals surface area contributed by atoms with Gasteiger partial charge in [-0.3, -0.25) is 9.59 Å². The van der Waals surface area contributed by atoms with Gasteiger partial charge in [-0.25, -0.2) is 0 Å². The number of nitrogens with one attached hydrogen (secondary N) is 2. The summed E-state index contributed by atoms with van der Waals surface area (Å²) in [5.74, 6) is -0.00829. The Morgan fingerprint density at radius 3 is 2.16 bits per heavy atom. The summed E-state index contributed by atoms with van der Waals surface area (Å²) in [6.45, 7) is 2.07. The molecule has 0 unspecified atom stereocenters. The lowest BCUT2D eigenvalue weighted by molar-refractivity contribution is -0.133. The topological polar surface area (TPSA) is 87.5 Å². The molecule has 0 aliphatic carbocycles. The van der Waals surface area contributed by atoms with E-state index < -0.39 is 0 Å². The average Bonchev–Trinajstić information content (AvgIpc) is 3.09. The standard InChI is InChI=1S/C31H36N4O2/c32-20-18-29-31(37)35(23-28(25-12-6-2-7-13-25)26-14-8-3-9-15-26)21-19-27(34-29)22-33-30(36)17-16-24-10-4-1-5-11-24/h1-17,27-29,34H,18-23,32H2,(H,33,36)/t27-,29-/m0/s1. The second-order valence-electron chi connectivity index (χ2n) is 9.43. The van der Waals surface area contributed by atoms with Crippen molar-refractivity contribution in [2.75, 3.05) is 26.2 Å². The molecule has 37 heavy (non-hydrogen) atoms. The molecule has 3 aromatic rings. The van der Waals surface area contributed by atoms with Crippen LogP contribution < -0.4 is 16.4 Å². The molecule has 0 radical (unpaired) electrons. The van der Waals surface area contributed by atoms with Crippen LogP contribution in [-0.2, 0) is 9.59 Å². The zero-order valence-corrected chi connectivity index (χ0v) is 21.1. The van der Waals surface area contributed by atoms with Gasteiger partial charge in [-0.2, -0.15) is 0 Å². The Balaban J connectivity index is 1.43. The van der Waals surface area contributed by atoms with E-state index in [0.29, 0.717) is 32.6 Å². The predicted molar refractivity (Wildman–Crippen MR) is 149 cm³/mol. The molecule has 4 rings (SSSR count). The highest BCUT2D eigenvalue weighted by molar-refractivity contribution is 5.91. The average molecular weight is 497 g/mol. The van der Waals surface area contributed by atoms with Crippen molar-refractivity contribution in [3.8, 4) is 0 Å². The lowest BCUT2D eigenvalue weighted by atomic mass is 9.90. The fraction of sp³-hybridized carbons (Fsp3) is 0.290. The van der Waals surface area contributed by atoms with Crippen LogP contribution in [0.5, 0.6) is 0 Å². The molecule has 1 aliphatic heterocycles. The Bertz CT molecular complexity index is 1110. The summed E-state index contributed by atoms with van der Waals surface area (Å²) in [6, 6.07) is 30.0. The van der Waals surface area contributed by atoms with Gasteiger partial charge in [-0.1, -0.05) is 91.0 Å². The third-order valence-electron chi connectivity index (χ3n) is 6.81. The molecule has 6 nitrogen and oxygen atoms in total. The number of amides is 2. The molecular formula is C31H36N4O2. The predicted octanol–water partition coefficient (Wildman–Crippen LogP) is 3.56. The van der Waals surface area contributed by atoms with E-state index in [1.165, 1.54) is 11.1 Å². The van der Waals surface area contributed by atoms with Crippen LogP contribution in [0.3, 0.4) is 0 Å². The Morgan fingerprint density at radius 2 is 1.57 bits per heavy atom. The van der Waals surface area contributed by atoms with E-state index in [1.807, 2.05) is 71.6 Å².